The number of aryl methyl sites for hydroxylation is 3. The van der Waals surface area contributed by atoms with Crippen molar-refractivity contribution < 1.29 is 4.39 Å². The van der Waals surface area contributed by atoms with Crippen molar-refractivity contribution >= 4 is 11.0 Å². The lowest BCUT2D eigenvalue weighted by Crippen LogP contribution is -2.15. The summed E-state index contributed by atoms with van der Waals surface area (Å²) in [6, 6.07) is 17.4. The van der Waals surface area contributed by atoms with E-state index in [-0.39, 0.29) is 11.9 Å². The number of benzene rings is 2. The SMILES string of the molecule is Cc1nnn(C)c1-c1ccc2nc(C)n([C@H](c3ccccc3)c3ccncc3F)c2c1. The molecule has 0 radical (unpaired) electrons. The summed E-state index contributed by atoms with van der Waals surface area (Å²) >= 11 is 0. The summed E-state index contributed by atoms with van der Waals surface area (Å²) in [5.74, 6) is 0.456. The second-order valence-corrected chi connectivity index (χ2v) is 7.59. The number of rotatable bonds is 4. The average molecular weight is 412 g/mol. The Hall–Kier alpha value is -3.87. The van der Waals surface area contributed by atoms with E-state index in [0.29, 0.717) is 5.56 Å². The topological polar surface area (TPSA) is 61.4 Å². The summed E-state index contributed by atoms with van der Waals surface area (Å²) in [4.78, 5) is 8.71. The fourth-order valence-electron chi connectivity index (χ4n) is 4.25. The van der Waals surface area contributed by atoms with Gasteiger partial charge in [0.15, 0.2) is 0 Å². The highest BCUT2D eigenvalue weighted by molar-refractivity contribution is 5.83. The highest BCUT2D eigenvalue weighted by Gasteiger charge is 2.24. The van der Waals surface area contributed by atoms with Gasteiger partial charge in [-0.2, -0.15) is 0 Å². The minimum Gasteiger partial charge on any atom is -0.316 e. The minimum absolute atomic E-state index is 0.347. The predicted octanol–water partition coefficient (Wildman–Crippen LogP) is 4.62. The maximum atomic E-state index is 14.9. The first-order chi connectivity index (χ1) is 15.0. The molecule has 1 atom stereocenters. The van der Waals surface area contributed by atoms with E-state index < -0.39 is 0 Å². The quantitative estimate of drug-likeness (QED) is 0.432. The number of imidazole rings is 1. The van der Waals surface area contributed by atoms with Crippen LogP contribution >= 0.6 is 0 Å². The van der Waals surface area contributed by atoms with E-state index in [9.17, 15) is 4.39 Å². The third-order valence-electron chi connectivity index (χ3n) is 5.61. The van der Waals surface area contributed by atoms with E-state index in [0.717, 1.165) is 39.4 Å². The van der Waals surface area contributed by atoms with Crippen LogP contribution < -0.4 is 0 Å². The molecule has 0 bridgehead atoms. The van der Waals surface area contributed by atoms with Crippen molar-refractivity contribution in [3.63, 3.8) is 0 Å². The zero-order valence-corrected chi connectivity index (χ0v) is 17.5. The smallest absolute Gasteiger partial charge is 0.147 e. The van der Waals surface area contributed by atoms with Crippen LogP contribution in [0.3, 0.4) is 0 Å². The lowest BCUT2D eigenvalue weighted by Gasteiger charge is -2.23. The molecule has 0 spiro atoms. The van der Waals surface area contributed by atoms with Crippen molar-refractivity contribution in [1.29, 1.82) is 0 Å². The van der Waals surface area contributed by atoms with Gasteiger partial charge in [0.25, 0.3) is 0 Å². The Bertz CT molecular complexity index is 1370. The molecule has 0 aliphatic rings. The molecule has 0 fully saturated rings. The first-order valence-corrected chi connectivity index (χ1v) is 10.0. The average Bonchev–Trinajstić information content (AvgIpc) is 3.28. The van der Waals surface area contributed by atoms with Crippen molar-refractivity contribution in [2.75, 3.05) is 0 Å². The summed E-state index contributed by atoms with van der Waals surface area (Å²) in [5.41, 5.74) is 6.07. The monoisotopic (exact) mass is 412 g/mol. The van der Waals surface area contributed by atoms with Gasteiger partial charge in [0.05, 0.1) is 34.7 Å². The van der Waals surface area contributed by atoms with Crippen LogP contribution in [0.4, 0.5) is 4.39 Å². The van der Waals surface area contributed by atoms with Gasteiger partial charge in [0, 0.05) is 24.4 Å². The molecule has 0 saturated heterocycles. The zero-order valence-electron chi connectivity index (χ0n) is 17.5. The maximum Gasteiger partial charge on any atom is 0.147 e. The van der Waals surface area contributed by atoms with Crippen LogP contribution in [0.2, 0.25) is 0 Å². The third kappa shape index (κ3) is 3.18. The van der Waals surface area contributed by atoms with E-state index in [4.69, 9.17) is 4.98 Å². The lowest BCUT2D eigenvalue weighted by atomic mass is 9.98. The Morgan fingerprint density at radius 3 is 2.52 bits per heavy atom. The van der Waals surface area contributed by atoms with Gasteiger partial charge in [-0.1, -0.05) is 41.6 Å². The molecule has 0 N–H and O–H groups in total. The Kier molecular flexibility index (Phi) is 4.58. The molecule has 3 aromatic heterocycles. The molecule has 0 saturated carbocycles. The van der Waals surface area contributed by atoms with E-state index in [1.54, 1.807) is 16.9 Å². The van der Waals surface area contributed by atoms with Crippen LogP contribution in [0.1, 0.15) is 28.7 Å². The van der Waals surface area contributed by atoms with Gasteiger partial charge < -0.3 is 4.57 Å². The molecule has 5 rings (SSSR count). The lowest BCUT2D eigenvalue weighted by molar-refractivity contribution is 0.567. The first kappa shape index (κ1) is 19.1. The minimum atomic E-state index is -0.379. The molecule has 0 amide bonds. The highest BCUT2D eigenvalue weighted by atomic mass is 19.1. The molecule has 6 nitrogen and oxygen atoms in total. The molecule has 2 aromatic carbocycles. The summed E-state index contributed by atoms with van der Waals surface area (Å²) < 4.78 is 18.8. The number of hydrogen-bond acceptors (Lipinski definition) is 4. The molecule has 5 aromatic rings. The number of halogens is 1. The fraction of sp³-hybridized carbons (Fsp3) is 0.167. The number of pyridine rings is 1. The first-order valence-electron chi connectivity index (χ1n) is 10.0. The van der Waals surface area contributed by atoms with Crippen molar-refractivity contribution in [2.45, 2.75) is 19.9 Å². The predicted molar refractivity (Wildman–Crippen MR) is 117 cm³/mol. The summed E-state index contributed by atoms with van der Waals surface area (Å²) in [7, 11) is 1.88. The van der Waals surface area contributed by atoms with Crippen LogP contribution in [0.5, 0.6) is 0 Å². The van der Waals surface area contributed by atoms with E-state index in [1.807, 2.05) is 63.4 Å². The van der Waals surface area contributed by atoms with E-state index in [2.05, 4.69) is 25.9 Å². The molecular weight excluding hydrogens is 391 g/mol. The van der Waals surface area contributed by atoms with Gasteiger partial charge in [-0.15, -0.1) is 5.10 Å². The standard InChI is InChI=1S/C24H21FN6/c1-15-23(30(3)29-28-15)18-9-10-21-22(13-18)31(16(2)27-21)24(17-7-5-4-6-8-17)19-11-12-26-14-20(19)25/h4-14,24H,1-3H3/t24-/m1/s1. The van der Waals surface area contributed by atoms with E-state index >= 15 is 0 Å². The molecule has 31 heavy (non-hydrogen) atoms. The van der Waals surface area contributed by atoms with Gasteiger partial charge in [0.2, 0.25) is 0 Å². The zero-order chi connectivity index (χ0) is 21.5. The van der Waals surface area contributed by atoms with E-state index in [1.165, 1.54) is 6.20 Å². The normalized spacial score (nSPS) is 12.4. The number of nitrogens with zero attached hydrogens (tertiary/aromatic N) is 6. The molecule has 0 aliphatic heterocycles. The van der Waals surface area contributed by atoms with Gasteiger partial charge in [-0.05, 0) is 37.6 Å². The van der Waals surface area contributed by atoms with Crippen LogP contribution in [-0.4, -0.2) is 29.5 Å². The molecule has 154 valence electrons. The third-order valence-corrected chi connectivity index (χ3v) is 5.61. The second kappa shape index (κ2) is 7.43. The number of fused-ring (bicyclic) bond motifs is 1. The Labute approximate surface area is 179 Å². The Morgan fingerprint density at radius 1 is 1.00 bits per heavy atom. The Balaban J connectivity index is 1.79. The summed E-state index contributed by atoms with van der Waals surface area (Å²) in [5, 5.41) is 8.31. The van der Waals surface area contributed by atoms with Crippen molar-refractivity contribution in [1.82, 2.24) is 29.5 Å². The molecular formula is C24H21FN6. The highest BCUT2D eigenvalue weighted by Crippen LogP contribution is 2.34. The van der Waals surface area contributed by atoms with Crippen LogP contribution in [-0.2, 0) is 7.05 Å². The molecule has 7 heteroatoms. The van der Waals surface area contributed by atoms with Crippen LogP contribution in [0.15, 0.2) is 67.0 Å². The molecule has 0 aliphatic carbocycles. The van der Waals surface area contributed by atoms with Gasteiger partial charge >= 0.3 is 0 Å². The van der Waals surface area contributed by atoms with Gasteiger partial charge in [-0.3, -0.25) is 4.98 Å². The summed E-state index contributed by atoms with van der Waals surface area (Å²) in [6.07, 6.45) is 2.88. The van der Waals surface area contributed by atoms with Crippen molar-refractivity contribution in [2.24, 2.45) is 7.05 Å². The number of hydrogen-bond donors (Lipinski definition) is 0. The molecule has 3 heterocycles. The van der Waals surface area contributed by atoms with Gasteiger partial charge in [-0.25, -0.2) is 14.1 Å². The summed E-state index contributed by atoms with van der Waals surface area (Å²) in [6.45, 7) is 3.89. The Morgan fingerprint density at radius 2 is 1.81 bits per heavy atom. The molecule has 0 unspecified atom stereocenters. The largest absolute Gasteiger partial charge is 0.316 e. The van der Waals surface area contributed by atoms with Crippen LogP contribution in [0, 0.1) is 19.7 Å². The number of aromatic nitrogens is 6. The maximum absolute atomic E-state index is 14.9. The second-order valence-electron chi connectivity index (χ2n) is 7.59. The van der Waals surface area contributed by atoms with Gasteiger partial charge in [0.1, 0.15) is 11.6 Å². The van der Waals surface area contributed by atoms with Crippen LogP contribution in [0.25, 0.3) is 22.3 Å². The fourth-order valence-corrected chi connectivity index (χ4v) is 4.25. The van der Waals surface area contributed by atoms with Crippen molar-refractivity contribution in [3.8, 4) is 11.3 Å². The van der Waals surface area contributed by atoms with Crippen molar-refractivity contribution in [3.05, 3.63) is 95.5 Å².